The second-order valence-corrected chi connectivity index (χ2v) is 6.23. The zero-order chi connectivity index (χ0) is 12.6. The van der Waals surface area contributed by atoms with Crippen molar-refractivity contribution >= 4 is 15.9 Å². The summed E-state index contributed by atoms with van der Waals surface area (Å²) in [5.74, 6) is 0.449. The summed E-state index contributed by atoms with van der Waals surface area (Å²) in [4.78, 5) is 0. The Balaban J connectivity index is 2.47. The van der Waals surface area contributed by atoms with Crippen molar-refractivity contribution in [2.75, 3.05) is 10.8 Å². The molecule has 0 aliphatic carbocycles. The molecule has 0 saturated heterocycles. The van der Waals surface area contributed by atoms with Gasteiger partial charge in [0.2, 0.25) is 0 Å². The van der Waals surface area contributed by atoms with Crippen LogP contribution in [0.3, 0.4) is 0 Å². The fourth-order valence-electron chi connectivity index (χ4n) is 2.21. The lowest BCUT2D eigenvalue weighted by atomic mass is 9.96. The fourth-order valence-corrected chi connectivity index (χ4v) is 3.04. The summed E-state index contributed by atoms with van der Waals surface area (Å²) in [7, 11) is -3.64. The quantitative estimate of drug-likeness (QED) is 0.874. The van der Waals surface area contributed by atoms with Gasteiger partial charge in [0.25, 0.3) is 10.2 Å². The molecule has 2 N–H and O–H groups in total. The molecule has 5 heteroatoms. The Morgan fingerprint density at radius 3 is 2.65 bits per heavy atom. The van der Waals surface area contributed by atoms with Crippen LogP contribution in [0.15, 0.2) is 18.2 Å². The van der Waals surface area contributed by atoms with Crippen LogP contribution in [0.25, 0.3) is 0 Å². The Kier molecular flexibility index (Phi) is 3.14. The fraction of sp³-hybridized carbons (Fsp3) is 0.500. The summed E-state index contributed by atoms with van der Waals surface area (Å²) >= 11 is 0. The number of aryl methyl sites for hydroxylation is 1. The summed E-state index contributed by atoms with van der Waals surface area (Å²) in [6.07, 6.45) is 1.74. The molecule has 2 rings (SSSR count). The minimum Gasteiger partial charge on any atom is -0.258 e. The van der Waals surface area contributed by atoms with Crippen LogP contribution >= 0.6 is 0 Å². The minimum absolute atomic E-state index is 0.449. The van der Waals surface area contributed by atoms with Crippen LogP contribution in [0.2, 0.25) is 0 Å². The van der Waals surface area contributed by atoms with Crippen LogP contribution in [-0.2, 0) is 16.6 Å². The highest BCUT2D eigenvalue weighted by atomic mass is 32.2. The topological polar surface area (TPSA) is 63.4 Å². The molecule has 0 amide bonds. The van der Waals surface area contributed by atoms with Crippen molar-refractivity contribution in [2.45, 2.75) is 32.6 Å². The Morgan fingerprint density at radius 1 is 1.35 bits per heavy atom. The number of nitrogens with two attached hydrogens (primary N) is 1. The van der Waals surface area contributed by atoms with Gasteiger partial charge in [-0.25, -0.2) is 5.14 Å². The summed E-state index contributed by atoms with van der Waals surface area (Å²) < 4.78 is 24.2. The van der Waals surface area contributed by atoms with Crippen LogP contribution in [0.5, 0.6) is 0 Å². The number of anilines is 1. The molecule has 0 fully saturated rings. The summed E-state index contributed by atoms with van der Waals surface area (Å²) in [5.41, 5.74) is 3.06. The smallest absolute Gasteiger partial charge is 0.258 e. The molecule has 0 saturated carbocycles. The van der Waals surface area contributed by atoms with Gasteiger partial charge in [0.05, 0.1) is 5.69 Å². The number of hydrogen-bond donors (Lipinski definition) is 1. The standard InChI is InChI=1S/C12H18N2O2S/c1-9(2)10-5-6-12-11(8-10)4-3-7-14(12)17(13,15)16/h5-6,8-9H,3-4,7H2,1-2H3,(H2,13,15,16). The molecule has 1 aromatic carbocycles. The Morgan fingerprint density at radius 2 is 2.06 bits per heavy atom. The average Bonchev–Trinajstić information content (AvgIpc) is 2.26. The molecule has 4 nitrogen and oxygen atoms in total. The van der Waals surface area contributed by atoms with Gasteiger partial charge in [-0.05, 0) is 36.0 Å². The largest absolute Gasteiger partial charge is 0.299 e. The molecule has 0 bridgehead atoms. The van der Waals surface area contributed by atoms with E-state index in [0.717, 1.165) is 24.1 Å². The van der Waals surface area contributed by atoms with E-state index in [4.69, 9.17) is 5.14 Å². The maximum atomic E-state index is 11.5. The summed E-state index contributed by atoms with van der Waals surface area (Å²) in [5, 5.41) is 5.22. The van der Waals surface area contributed by atoms with Crippen molar-refractivity contribution in [3.05, 3.63) is 29.3 Å². The van der Waals surface area contributed by atoms with Crippen molar-refractivity contribution in [3.8, 4) is 0 Å². The maximum Gasteiger partial charge on any atom is 0.299 e. The molecule has 94 valence electrons. The van der Waals surface area contributed by atoms with Crippen LogP contribution in [-0.4, -0.2) is 15.0 Å². The van der Waals surface area contributed by atoms with E-state index in [1.165, 1.54) is 9.87 Å². The number of rotatable bonds is 2. The molecular formula is C12H18N2O2S. The molecule has 1 aliphatic rings. The van der Waals surface area contributed by atoms with Gasteiger partial charge in [-0.1, -0.05) is 26.0 Å². The Hall–Kier alpha value is -1.07. The molecule has 17 heavy (non-hydrogen) atoms. The van der Waals surface area contributed by atoms with E-state index < -0.39 is 10.2 Å². The lowest BCUT2D eigenvalue weighted by molar-refractivity contribution is 0.588. The van der Waals surface area contributed by atoms with E-state index in [2.05, 4.69) is 19.9 Å². The monoisotopic (exact) mass is 254 g/mol. The van der Waals surface area contributed by atoms with Gasteiger partial charge in [0.1, 0.15) is 0 Å². The van der Waals surface area contributed by atoms with Gasteiger partial charge in [0, 0.05) is 6.54 Å². The van der Waals surface area contributed by atoms with E-state index in [-0.39, 0.29) is 0 Å². The van der Waals surface area contributed by atoms with Gasteiger partial charge < -0.3 is 0 Å². The SMILES string of the molecule is CC(C)c1ccc2c(c1)CCCN2S(N)(=O)=O. The van der Waals surface area contributed by atoms with E-state index in [9.17, 15) is 8.42 Å². The third-order valence-corrected chi connectivity index (χ3v) is 4.15. The lowest BCUT2D eigenvalue weighted by Crippen LogP contribution is -2.40. The van der Waals surface area contributed by atoms with E-state index in [1.807, 2.05) is 12.1 Å². The molecule has 0 radical (unpaired) electrons. The van der Waals surface area contributed by atoms with Crippen molar-refractivity contribution in [2.24, 2.45) is 5.14 Å². The third kappa shape index (κ3) is 2.45. The first-order valence-corrected chi connectivity index (χ1v) is 7.33. The van der Waals surface area contributed by atoms with Crippen LogP contribution in [0.4, 0.5) is 5.69 Å². The predicted octanol–water partition coefficient (Wildman–Crippen LogP) is 1.77. The van der Waals surface area contributed by atoms with Gasteiger partial charge in [0.15, 0.2) is 0 Å². The lowest BCUT2D eigenvalue weighted by Gasteiger charge is -2.29. The highest BCUT2D eigenvalue weighted by molar-refractivity contribution is 7.90. The zero-order valence-corrected chi connectivity index (χ0v) is 11.0. The van der Waals surface area contributed by atoms with Crippen molar-refractivity contribution in [1.82, 2.24) is 0 Å². The third-order valence-electron chi connectivity index (χ3n) is 3.15. The van der Waals surface area contributed by atoms with Crippen LogP contribution in [0.1, 0.15) is 37.3 Å². The van der Waals surface area contributed by atoms with Gasteiger partial charge in [-0.2, -0.15) is 8.42 Å². The summed E-state index contributed by atoms with van der Waals surface area (Å²) in [6, 6.07) is 5.94. The molecule has 0 unspecified atom stereocenters. The Labute approximate surface area is 103 Å². The highest BCUT2D eigenvalue weighted by Crippen LogP contribution is 2.31. The molecule has 0 spiro atoms. The first-order valence-electron chi connectivity index (χ1n) is 5.83. The number of hydrogen-bond acceptors (Lipinski definition) is 2. The number of benzene rings is 1. The second-order valence-electron chi connectivity index (χ2n) is 4.76. The highest BCUT2D eigenvalue weighted by Gasteiger charge is 2.24. The second kappa shape index (κ2) is 4.31. The Bertz CT molecular complexity index is 523. The van der Waals surface area contributed by atoms with E-state index >= 15 is 0 Å². The normalized spacial score (nSPS) is 16.1. The molecule has 1 aromatic rings. The van der Waals surface area contributed by atoms with Crippen LogP contribution in [0, 0.1) is 0 Å². The molecule has 1 aliphatic heterocycles. The van der Waals surface area contributed by atoms with Gasteiger partial charge in [-0.3, -0.25) is 4.31 Å². The van der Waals surface area contributed by atoms with Crippen molar-refractivity contribution in [3.63, 3.8) is 0 Å². The van der Waals surface area contributed by atoms with E-state index in [1.54, 1.807) is 0 Å². The van der Waals surface area contributed by atoms with Crippen molar-refractivity contribution < 1.29 is 8.42 Å². The maximum absolute atomic E-state index is 11.5. The zero-order valence-electron chi connectivity index (χ0n) is 10.2. The predicted molar refractivity (Wildman–Crippen MR) is 69.3 cm³/mol. The van der Waals surface area contributed by atoms with Crippen LogP contribution < -0.4 is 9.44 Å². The van der Waals surface area contributed by atoms with E-state index in [0.29, 0.717) is 12.5 Å². The first kappa shape index (κ1) is 12.4. The molecule has 0 atom stereocenters. The van der Waals surface area contributed by atoms with Crippen molar-refractivity contribution in [1.29, 1.82) is 0 Å². The summed E-state index contributed by atoms with van der Waals surface area (Å²) in [6.45, 7) is 4.73. The molecule has 1 heterocycles. The number of fused-ring (bicyclic) bond motifs is 1. The molecule has 0 aromatic heterocycles. The van der Waals surface area contributed by atoms with Gasteiger partial charge in [-0.15, -0.1) is 0 Å². The average molecular weight is 254 g/mol. The molecular weight excluding hydrogens is 236 g/mol. The number of nitrogens with zero attached hydrogens (tertiary/aromatic N) is 1. The van der Waals surface area contributed by atoms with Gasteiger partial charge >= 0.3 is 0 Å². The minimum atomic E-state index is -3.64. The first-order chi connectivity index (χ1) is 7.89.